The monoisotopic (exact) mass is 277 g/mol. The summed E-state index contributed by atoms with van der Waals surface area (Å²) in [6.45, 7) is 6.31. The van der Waals surface area contributed by atoms with Crippen molar-refractivity contribution < 1.29 is 4.74 Å². The van der Waals surface area contributed by atoms with Crippen LogP contribution in [0.5, 0.6) is 0 Å². The van der Waals surface area contributed by atoms with E-state index in [1.54, 1.807) is 0 Å². The van der Waals surface area contributed by atoms with Crippen molar-refractivity contribution in [2.24, 2.45) is 0 Å². The van der Waals surface area contributed by atoms with Crippen molar-refractivity contribution in [1.29, 1.82) is 0 Å². The second-order valence-corrected chi connectivity index (χ2v) is 6.33. The molecule has 2 fully saturated rings. The van der Waals surface area contributed by atoms with Crippen LogP contribution in [0.25, 0.3) is 0 Å². The third-order valence-corrected chi connectivity index (χ3v) is 5.04. The first-order valence-electron chi connectivity index (χ1n) is 8.14. The largest absolute Gasteiger partial charge is 0.375 e. The summed E-state index contributed by atoms with van der Waals surface area (Å²) in [4.78, 5) is 4.31. The van der Waals surface area contributed by atoms with Gasteiger partial charge in [-0.05, 0) is 38.5 Å². The second-order valence-electron chi connectivity index (χ2n) is 6.33. The second kappa shape index (κ2) is 5.86. The Labute approximate surface area is 121 Å². The molecule has 1 N–H and O–H groups in total. The van der Waals surface area contributed by atoms with Crippen molar-refractivity contribution in [2.45, 2.75) is 76.6 Å². The third kappa shape index (κ3) is 2.91. The van der Waals surface area contributed by atoms with Gasteiger partial charge >= 0.3 is 0 Å². The molecule has 1 unspecified atom stereocenters. The minimum absolute atomic E-state index is 0.104. The lowest BCUT2D eigenvalue weighted by Crippen LogP contribution is -2.46. The number of imidazole rings is 1. The van der Waals surface area contributed by atoms with Crippen molar-refractivity contribution in [2.75, 3.05) is 6.61 Å². The van der Waals surface area contributed by atoms with Crippen LogP contribution in [0.15, 0.2) is 12.5 Å². The summed E-state index contributed by atoms with van der Waals surface area (Å²) in [6, 6.07) is 1.29. The maximum atomic E-state index is 6.05. The van der Waals surface area contributed by atoms with E-state index < -0.39 is 0 Å². The summed E-state index contributed by atoms with van der Waals surface area (Å²) in [7, 11) is 0. The molecular formula is C16H27N3O. The van der Waals surface area contributed by atoms with Gasteiger partial charge in [-0.25, -0.2) is 4.98 Å². The van der Waals surface area contributed by atoms with E-state index in [-0.39, 0.29) is 5.60 Å². The zero-order valence-electron chi connectivity index (χ0n) is 12.8. The first-order valence-corrected chi connectivity index (χ1v) is 8.14. The first-order chi connectivity index (χ1) is 9.76. The highest BCUT2D eigenvalue weighted by molar-refractivity contribution is 5.03. The van der Waals surface area contributed by atoms with Gasteiger partial charge in [0, 0.05) is 31.4 Å². The van der Waals surface area contributed by atoms with Crippen molar-refractivity contribution in [3.05, 3.63) is 18.2 Å². The zero-order valence-corrected chi connectivity index (χ0v) is 12.8. The van der Waals surface area contributed by atoms with E-state index in [9.17, 15) is 0 Å². The molecule has 0 bridgehead atoms. The van der Waals surface area contributed by atoms with Crippen LogP contribution in [-0.2, 0) is 11.3 Å². The quantitative estimate of drug-likeness (QED) is 0.868. The van der Waals surface area contributed by atoms with Gasteiger partial charge in [0.2, 0.25) is 0 Å². The van der Waals surface area contributed by atoms with Gasteiger partial charge in [0.1, 0.15) is 0 Å². The van der Waals surface area contributed by atoms with Crippen LogP contribution in [0, 0.1) is 0 Å². The summed E-state index contributed by atoms with van der Waals surface area (Å²) in [6.07, 6.45) is 11.1. The van der Waals surface area contributed by atoms with Gasteiger partial charge in [0.15, 0.2) is 0 Å². The smallest absolute Gasteiger partial charge is 0.0951 e. The van der Waals surface area contributed by atoms with E-state index in [1.807, 2.05) is 12.5 Å². The Bertz CT molecular complexity index is 435. The van der Waals surface area contributed by atoms with Gasteiger partial charge in [-0.3, -0.25) is 0 Å². The molecule has 1 aliphatic carbocycles. The molecule has 4 nitrogen and oxygen atoms in total. The molecule has 0 amide bonds. The molecule has 1 atom stereocenters. The van der Waals surface area contributed by atoms with Gasteiger partial charge in [0.25, 0.3) is 0 Å². The molecule has 0 radical (unpaired) electrons. The number of hydrogen-bond acceptors (Lipinski definition) is 3. The van der Waals surface area contributed by atoms with Crippen LogP contribution < -0.4 is 5.32 Å². The molecule has 2 aliphatic rings. The molecule has 112 valence electrons. The highest BCUT2D eigenvalue weighted by atomic mass is 16.5. The summed E-state index contributed by atoms with van der Waals surface area (Å²) in [5.74, 6) is 0. The molecule has 1 aromatic heterocycles. The Morgan fingerprint density at radius 3 is 2.85 bits per heavy atom. The lowest BCUT2D eigenvalue weighted by Gasteiger charge is -2.40. The van der Waals surface area contributed by atoms with Crippen LogP contribution in [0.4, 0.5) is 0 Å². The molecular weight excluding hydrogens is 250 g/mol. The fraction of sp³-hybridized carbons (Fsp3) is 0.812. The van der Waals surface area contributed by atoms with Gasteiger partial charge < -0.3 is 14.6 Å². The summed E-state index contributed by atoms with van der Waals surface area (Å²) in [5.41, 5.74) is 1.43. The topological polar surface area (TPSA) is 39.1 Å². The molecule has 0 aromatic carbocycles. The highest BCUT2D eigenvalue weighted by Gasteiger charge is 2.34. The predicted molar refractivity (Wildman–Crippen MR) is 79.6 cm³/mol. The van der Waals surface area contributed by atoms with Crippen LogP contribution in [-0.4, -0.2) is 27.8 Å². The van der Waals surface area contributed by atoms with Crippen molar-refractivity contribution in [1.82, 2.24) is 14.9 Å². The SMILES string of the molecule is CCC1(CC)CC(NCc2cncn2C2CC2)CCO1. The zero-order chi connectivity index (χ0) is 14.0. The van der Waals surface area contributed by atoms with E-state index in [2.05, 4.69) is 28.7 Å². The minimum atomic E-state index is 0.104. The number of nitrogens with zero attached hydrogens (tertiary/aromatic N) is 2. The average Bonchev–Trinajstić information content (AvgIpc) is 3.24. The van der Waals surface area contributed by atoms with Crippen LogP contribution in [0.3, 0.4) is 0 Å². The average molecular weight is 277 g/mol. The number of rotatable bonds is 6. The van der Waals surface area contributed by atoms with Gasteiger partial charge in [-0.1, -0.05) is 13.8 Å². The summed E-state index contributed by atoms with van der Waals surface area (Å²) >= 11 is 0. The molecule has 1 aromatic rings. The molecule has 1 saturated heterocycles. The summed E-state index contributed by atoms with van der Waals surface area (Å²) < 4.78 is 8.39. The van der Waals surface area contributed by atoms with Gasteiger partial charge in [-0.15, -0.1) is 0 Å². The summed E-state index contributed by atoms with van der Waals surface area (Å²) in [5, 5.41) is 3.73. The maximum Gasteiger partial charge on any atom is 0.0951 e. The van der Waals surface area contributed by atoms with E-state index in [0.29, 0.717) is 6.04 Å². The molecule has 2 heterocycles. The predicted octanol–water partition coefficient (Wildman–Crippen LogP) is 3.05. The van der Waals surface area contributed by atoms with Crippen molar-refractivity contribution in [3.63, 3.8) is 0 Å². The Morgan fingerprint density at radius 2 is 2.15 bits per heavy atom. The molecule has 3 rings (SSSR count). The maximum absolute atomic E-state index is 6.05. The van der Waals surface area contributed by atoms with Crippen LogP contribution in [0.1, 0.15) is 64.1 Å². The van der Waals surface area contributed by atoms with E-state index >= 15 is 0 Å². The Kier molecular flexibility index (Phi) is 4.13. The van der Waals surface area contributed by atoms with Crippen LogP contribution >= 0.6 is 0 Å². The Balaban J connectivity index is 1.56. The first kappa shape index (κ1) is 14.1. The fourth-order valence-electron chi connectivity index (χ4n) is 3.34. The number of hydrogen-bond donors (Lipinski definition) is 1. The standard InChI is InChI=1S/C16H27N3O/c1-3-16(4-2)9-13(7-8-20-16)18-11-15-10-17-12-19(15)14-5-6-14/h10,12-14,18H,3-9,11H2,1-2H3. The van der Waals surface area contributed by atoms with Gasteiger partial charge in [0.05, 0.1) is 17.6 Å². The fourth-order valence-corrected chi connectivity index (χ4v) is 3.34. The lowest BCUT2D eigenvalue weighted by molar-refractivity contribution is -0.0932. The van der Waals surface area contributed by atoms with E-state index in [0.717, 1.165) is 44.9 Å². The normalized spacial score (nSPS) is 25.8. The van der Waals surface area contributed by atoms with Gasteiger partial charge in [-0.2, -0.15) is 0 Å². The molecule has 4 heteroatoms. The molecule has 1 saturated carbocycles. The van der Waals surface area contributed by atoms with E-state index in [4.69, 9.17) is 4.74 Å². The number of aromatic nitrogens is 2. The molecule has 0 spiro atoms. The lowest BCUT2D eigenvalue weighted by atomic mass is 9.86. The highest BCUT2D eigenvalue weighted by Crippen LogP contribution is 2.36. The number of ether oxygens (including phenoxy) is 1. The number of nitrogens with one attached hydrogen (secondary N) is 1. The minimum Gasteiger partial charge on any atom is -0.375 e. The third-order valence-electron chi connectivity index (χ3n) is 5.04. The Hall–Kier alpha value is -0.870. The molecule has 20 heavy (non-hydrogen) atoms. The van der Waals surface area contributed by atoms with Crippen molar-refractivity contribution >= 4 is 0 Å². The van der Waals surface area contributed by atoms with Crippen molar-refractivity contribution in [3.8, 4) is 0 Å². The van der Waals surface area contributed by atoms with Crippen LogP contribution in [0.2, 0.25) is 0 Å². The van der Waals surface area contributed by atoms with E-state index in [1.165, 1.54) is 18.5 Å². The molecule has 1 aliphatic heterocycles. The Morgan fingerprint density at radius 1 is 1.35 bits per heavy atom.